The van der Waals surface area contributed by atoms with E-state index >= 15 is 0 Å². The van der Waals surface area contributed by atoms with Gasteiger partial charge in [0.1, 0.15) is 0 Å². The number of aryl methyl sites for hydroxylation is 5. The zero-order valence-electron chi connectivity index (χ0n) is 14.7. The van der Waals surface area contributed by atoms with E-state index in [2.05, 4.69) is 61.7 Å². The van der Waals surface area contributed by atoms with Crippen molar-refractivity contribution < 1.29 is 4.79 Å². The molecule has 0 aliphatic carbocycles. The highest BCUT2D eigenvalue weighted by molar-refractivity contribution is 5.92. The number of benzene rings is 2. The number of anilines is 2. The molecule has 0 saturated heterocycles. The van der Waals surface area contributed by atoms with Gasteiger partial charge in [-0.1, -0.05) is 29.8 Å². The minimum Gasteiger partial charge on any atom is -0.384 e. The molecular formula is C20H26N2O. The Kier molecular flexibility index (Phi) is 5.43. The third-order valence-corrected chi connectivity index (χ3v) is 4.00. The Bertz CT molecular complexity index is 697. The standard InChI is InChI=1S/C20H26N2O/c1-13-6-7-15(3)18(12-13)21-9-8-19(23)22-20-16(4)10-14(2)11-17(20)5/h6-7,10-12,21H,8-9H2,1-5H3,(H,22,23). The lowest BCUT2D eigenvalue weighted by Gasteiger charge is -2.14. The summed E-state index contributed by atoms with van der Waals surface area (Å²) in [7, 11) is 0. The van der Waals surface area contributed by atoms with E-state index in [0.29, 0.717) is 13.0 Å². The van der Waals surface area contributed by atoms with Crippen LogP contribution in [-0.4, -0.2) is 12.5 Å². The minimum atomic E-state index is 0.0397. The SMILES string of the molecule is Cc1cc(C)c(NC(=O)CCNc2cc(C)ccc2C)c(C)c1. The van der Waals surface area contributed by atoms with Gasteiger partial charge in [0.2, 0.25) is 5.91 Å². The molecule has 0 radical (unpaired) electrons. The van der Waals surface area contributed by atoms with Crippen LogP contribution in [-0.2, 0) is 4.79 Å². The number of hydrogen-bond donors (Lipinski definition) is 2. The molecular weight excluding hydrogens is 284 g/mol. The van der Waals surface area contributed by atoms with E-state index in [1.807, 2.05) is 13.8 Å². The maximum Gasteiger partial charge on any atom is 0.226 e. The van der Waals surface area contributed by atoms with Crippen molar-refractivity contribution in [3.05, 3.63) is 58.1 Å². The minimum absolute atomic E-state index is 0.0397. The molecule has 0 atom stereocenters. The molecule has 122 valence electrons. The van der Waals surface area contributed by atoms with Crippen LogP contribution in [0.5, 0.6) is 0 Å². The number of hydrogen-bond acceptors (Lipinski definition) is 2. The number of rotatable bonds is 5. The molecule has 2 rings (SSSR count). The average molecular weight is 310 g/mol. The summed E-state index contributed by atoms with van der Waals surface area (Å²) in [5, 5.41) is 6.39. The molecule has 0 heterocycles. The molecule has 0 bridgehead atoms. The Morgan fingerprint density at radius 1 is 0.870 bits per heavy atom. The fraction of sp³-hybridized carbons (Fsp3) is 0.350. The van der Waals surface area contributed by atoms with Gasteiger partial charge in [0.15, 0.2) is 0 Å². The van der Waals surface area contributed by atoms with Crippen LogP contribution in [0.15, 0.2) is 30.3 Å². The van der Waals surface area contributed by atoms with E-state index in [0.717, 1.165) is 22.5 Å². The van der Waals surface area contributed by atoms with Crippen molar-refractivity contribution in [1.29, 1.82) is 0 Å². The van der Waals surface area contributed by atoms with Crippen molar-refractivity contribution in [3.8, 4) is 0 Å². The van der Waals surface area contributed by atoms with Crippen molar-refractivity contribution in [2.24, 2.45) is 0 Å². The number of amides is 1. The van der Waals surface area contributed by atoms with Crippen molar-refractivity contribution in [2.45, 2.75) is 41.0 Å². The lowest BCUT2D eigenvalue weighted by atomic mass is 10.0. The van der Waals surface area contributed by atoms with E-state index in [4.69, 9.17) is 0 Å². The largest absolute Gasteiger partial charge is 0.384 e. The normalized spacial score (nSPS) is 10.5. The summed E-state index contributed by atoms with van der Waals surface area (Å²) in [6.45, 7) is 10.9. The second-order valence-corrected chi connectivity index (χ2v) is 6.32. The number of carbonyl (C=O) groups excluding carboxylic acids is 1. The highest BCUT2D eigenvalue weighted by atomic mass is 16.1. The molecule has 23 heavy (non-hydrogen) atoms. The van der Waals surface area contributed by atoms with Crippen LogP contribution in [0, 0.1) is 34.6 Å². The van der Waals surface area contributed by atoms with Gasteiger partial charge in [-0.15, -0.1) is 0 Å². The van der Waals surface area contributed by atoms with Crippen LogP contribution < -0.4 is 10.6 Å². The maximum absolute atomic E-state index is 12.2. The fourth-order valence-corrected chi connectivity index (χ4v) is 2.82. The molecule has 0 fully saturated rings. The van der Waals surface area contributed by atoms with Crippen LogP contribution in [0.3, 0.4) is 0 Å². The quantitative estimate of drug-likeness (QED) is 0.842. The molecule has 3 heteroatoms. The van der Waals surface area contributed by atoms with Gasteiger partial charge < -0.3 is 10.6 Å². The van der Waals surface area contributed by atoms with Crippen molar-refractivity contribution >= 4 is 17.3 Å². The molecule has 0 spiro atoms. The fourth-order valence-electron chi connectivity index (χ4n) is 2.82. The summed E-state index contributed by atoms with van der Waals surface area (Å²) in [5.41, 5.74) is 7.88. The van der Waals surface area contributed by atoms with Crippen molar-refractivity contribution in [3.63, 3.8) is 0 Å². The van der Waals surface area contributed by atoms with Gasteiger partial charge in [-0.05, 0) is 62.9 Å². The first-order chi connectivity index (χ1) is 10.9. The summed E-state index contributed by atoms with van der Waals surface area (Å²) in [6, 6.07) is 10.5. The zero-order valence-corrected chi connectivity index (χ0v) is 14.7. The summed E-state index contributed by atoms with van der Waals surface area (Å²) < 4.78 is 0. The smallest absolute Gasteiger partial charge is 0.226 e. The molecule has 3 nitrogen and oxygen atoms in total. The monoisotopic (exact) mass is 310 g/mol. The Labute approximate surface area is 139 Å². The highest BCUT2D eigenvalue weighted by Gasteiger charge is 2.08. The molecule has 1 amide bonds. The Balaban J connectivity index is 1.92. The zero-order chi connectivity index (χ0) is 17.0. The maximum atomic E-state index is 12.2. The van der Waals surface area contributed by atoms with Crippen LogP contribution in [0.25, 0.3) is 0 Å². The third kappa shape index (κ3) is 4.59. The van der Waals surface area contributed by atoms with E-state index in [1.54, 1.807) is 0 Å². The Morgan fingerprint density at radius 3 is 2.17 bits per heavy atom. The predicted molar refractivity (Wildman–Crippen MR) is 98.3 cm³/mol. The van der Waals surface area contributed by atoms with Gasteiger partial charge in [-0.2, -0.15) is 0 Å². The molecule has 0 aliphatic heterocycles. The molecule has 0 saturated carbocycles. The van der Waals surface area contributed by atoms with Crippen LogP contribution in [0.1, 0.15) is 34.2 Å². The molecule has 0 aromatic heterocycles. The summed E-state index contributed by atoms with van der Waals surface area (Å²) in [5.74, 6) is 0.0397. The Morgan fingerprint density at radius 2 is 1.52 bits per heavy atom. The lowest BCUT2D eigenvalue weighted by Crippen LogP contribution is -2.17. The first kappa shape index (κ1) is 17.1. The lowest BCUT2D eigenvalue weighted by molar-refractivity contribution is -0.115. The van der Waals surface area contributed by atoms with E-state index in [-0.39, 0.29) is 5.91 Å². The summed E-state index contributed by atoms with van der Waals surface area (Å²) in [6.07, 6.45) is 0.445. The Hall–Kier alpha value is -2.29. The molecule has 2 aromatic rings. The van der Waals surface area contributed by atoms with Crippen LogP contribution in [0.2, 0.25) is 0 Å². The number of nitrogens with one attached hydrogen (secondary N) is 2. The van der Waals surface area contributed by atoms with Gasteiger partial charge in [0.05, 0.1) is 0 Å². The first-order valence-electron chi connectivity index (χ1n) is 8.05. The summed E-state index contributed by atoms with van der Waals surface area (Å²) >= 11 is 0. The molecule has 0 aliphatic rings. The average Bonchev–Trinajstić information content (AvgIpc) is 2.46. The van der Waals surface area contributed by atoms with E-state index < -0.39 is 0 Å². The second kappa shape index (κ2) is 7.32. The van der Waals surface area contributed by atoms with Gasteiger partial charge in [0.25, 0.3) is 0 Å². The van der Waals surface area contributed by atoms with Gasteiger partial charge in [-0.25, -0.2) is 0 Å². The molecule has 0 unspecified atom stereocenters. The third-order valence-electron chi connectivity index (χ3n) is 4.00. The predicted octanol–water partition coefficient (Wildman–Crippen LogP) is 4.67. The second-order valence-electron chi connectivity index (χ2n) is 6.32. The van der Waals surface area contributed by atoms with E-state index in [1.165, 1.54) is 16.7 Å². The van der Waals surface area contributed by atoms with Gasteiger partial charge in [0, 0.05) is 24.3 Å². The van der Waals surface area contributed by atoms with Gasteiger partial charge >= 0.3 is 0 Å². The molecule has 2 aromatic carbocycles. The van der Waals surface area contributed by atoms with Crippen LogP contribution in [0.4, 0.5) is 11.4 Å². The van der Waals surface area contributed by atoms with Gasteiger partial charge in [-0.3, -0.25) is 4.79 Å². The van der Waals surface area contributed by atoms with Crippen molar-refractivity contribution in [1.82, 2.24) is 0 Å². The molecule has 2 N–H and O–H groups in total. The highest BCUT2D eigenvalue weighted by Crippen LogP contribution is 2.22. The van der Waals surface area contributed by atoms with E-state index in [9.17, 15) is 4.79 Å². The summed E-state index contributed by atoms with van der Waals surface area (Å²) in [4.78, 5) is 12.2. The first-order valence-corrected chi connectivity index (χ1v) is 8.05. The number of carbonyl (C=O) groups is 1. The van der Waals surface area contributed by atoms with Crippen LogP contribution >= 0.6 is 0 Å². The van der Waals surface area contributed by atoms with Crippen molar-refractivity contribution in [2.75, 3.05) is 17.2 Å². The topological polar surface area (TPSA) is 41.1 Å².